The van der Waals surface area contributed by atoms with Crippen molar-refractivity contribution in [2.45, 2.75) is 18.7 Å². The molecule has 1 fully saturated rings. The van der Waals surface area contributed by atoms with Crippen molar-refractivity contribution in [3.63, 3.8) is 0 Å². The van der Waals surface area contributed by atoms with Gasteiger partial charge in [0.2, 0.25) is 0 Å². The fourth-order valence-electron chi connectivity index (χ4n) is 2.66. The van der Waals surface area contributed by atoms with Gasteiger partial charge in [-0.3, -0.25) is 9.88 Å². The van der Waals surface area contributed by atoms with Crippen molar-refractivity contribution in [2.75, 3.05) is 24.6 Å². The van der Waals surface area contributed by atoms with E-state index < -0.39 is 0 Å². The molecule has 1 atom stereocenters. The van der Waals surface area contributed by atoms with Crippen LogP contribution in [0.2, 0.25) is 0 Å². The molecule has 0 spiro atoms. The number of benzene rings is 1. The highest BCUT2D eigenvalue weighted by Gasteiger charge is 2.17. The maximum absolute atomic E-state index is 6.02. The Hall–Kier alpha value is -1.26. The second-order valence-electron chi connectivity index (χ2n) is 5.13. The lowest BCUT2D eigenvalue weighted by Crippen LogP contribution is -2.36. The second kappa shape index (κ2) is 5.39. The van der Waals surface area contributed by atoms with Gasteiger partial charge in [-0.25, -0.2) is 0 Å². The maximum atomic E-state index is 6.02. The molecule has 0 bridgehead atoms. The summed E-state index contributed by atoms with van der Waals surface area (Å²) in [6.45, 7) is 5.59. The van der Waals surface area contributed by atoms with E-state index in [4.69, 9.17) is 5.73 Å². The minimum Gasteiger partial charge on any atom is -0.398 e. The smallest absolute Gasteiger partial charge is 0.0767 e. The van der Waals surface area contributed by atoms with Crippen molar-refractivity contribution in [2.24, 2.45) is 0 Å². The number of anilines is 1. The first-order valence-corrected chi connectivity index (χ1v) is 7.75. The molecule has 0 radical (unpaired) electrons. The summed E-state index contributed by atoms with van der Waals surface area (Å²) in [4.78, 5) is 7.03. The van der Waals surface area contributed by atoms with E-state index in [-0.39, 0.29) is 0 Å². The molecule has 0 saturated carbocycles. The van der Waals surface area contributed by atoms with Crippen LogP contribution in [0.5, 0.6) is 0 Å². The zero-order valence-corrected chi connectivity index (χ0v) is 12.0. The maximum Gasteiger partial charge on any atom is 0.0767 e. The summed E-state index contributed by atoms with van der Waals surface area (Å²) in [5.74, 6) is 1.22. The summed E-state index contributed by atoms with van der Waals surface area (Å²) in [5.41, 5.74) is 9.17. The molecule has 0 aliphatic carbocycles. The molecule has 0 amide bonds. The van der Waals surface area contributed by atoms with E-state index in [1.165, 1.54) is 11.3 Å². The summed E-state index contributed by atoms with van der Waals surface area (Å²) >= 11 is 2.06. The fourth-order valence-corrected chi connectivity index (χ4v) is 3.74. The normalized spacial score (nSPS) is 20.8. The third kappa shape index (κ3) is 2.69. The molecule has 1 aliphatic rings. The van der Waals surface area contributed by atoms with Gasteiger partial charge in [-0.15, -0.1) is 0 Å². The van der Waals surface area contributed by atoms with Gasteiger partial charge in [0.05, 0.1) is 5.52 Å². The quantitative estimate of drug-likeness (QED) is 0.854. The highest BCUT2D eigenvalue weighted by molar-refractivity contribution is 7.99. The number of hydrogen-bond donors (Lipinski definition) is 1. The lowest BCUT2D eigenvalue weighted by atomic mass is 10.1. The molecule has 1 aromatic heterocycles. The molecule has 1 aromatic carbocycles. The van der Waals surface area contributed by atoms with E-state index in [9.17, 15) is 0 Å². The van der Waals surface area contributed by atoms with Crippen molar-refractivity contribution in [1.29, 1.82) is 0 Å². The number of nitrogens with zero attached hydrogens (tertiary/aromatic N) is 2. The van der Waals surface area contributed by atoms with Crippen LogP contribution in [0.3, 0.4) is 0 Å². The molecule has 2 N–H and O–H groups in total. The Kier molecular flexibility index (Phi) is 3.62. The van der Waals surface area contributed by atoms with Crippen LogP contribution in [-0.2, 0) is 6.54 Å². The van der Waals surface area contributed by atoms with Gasteiger partial charge in [0.25, 0.3) is 0 Å². The van der Waals surface area contributed by atoms with Gasteiger partial charge in [0, 0.05) is 47.9 Å². The molecular weight excluding hydrogens is 254 g/mol. The third-order valence-corrected chi connectivity index (χ3v) is 4.74. The predicted octanol–water partition coefficient (Wildman–Crippen LogP) is 2.75. The van der Waals surface area contributed by atoms with Crippen molar-refractivity contribution in [3.05, 3.63) is 36.0 Å². The number of fused-ring (bicyclic) bond motifs is 1. The molecule has 1 saturated heterocycles. The Labute approximate surface area is 118 Å². The molecule has 2 aromatic rings. The molecule has 1 unspecified atom stereocenters. The van der Waals surface area contributed by atoms with Gasteiger partial charge >= 0.3 is 0 Å². The second-order valence-corrected chi connectivity index (χ2v) is 6.68. The number of nitrogen functional groups attached to an aromatic ring is 1. The highest BCUT2D eigenvalue weighted by atomic mass is 32.2. The van der Waals surface area contributed by atoms with Crippen molar-refractivity contribution >= 4 is 28.4 Å². The molecule has 1 aliphatic heterocycles. The molecular formula is C15H19N3S. The summed E-state index contributed by atoms with van der Waals surface area (Å²) in [5, 5.41) is 1.79. The summed E-state index contributed by atoms with van der Waals surface area (Å²) in [7, 11) is 0. The van der Waals surface area contributed by atoms with Crippen molar-refractivity contribution in [3.8, 4) is 0 Å². The van der Waals surface area contributed by atoms with Crippen molar-refractivity contribution in [1.82, 2.24) is 9.88 Å². The van der Waals surface area contributed by atoms with Crippen LogP contribution in [0.4, 0.5) is 5.69 Å². The van der Waals surface area contributed by atoms with Crippen LogP contribution in [0.25, 0.3) is 10.9 Å². The molecule has 100 valence electrons. The summed E-state index contributed by atoms with van der Waals surface area (Å²) in [6, 6.07) is 8.12. The van der Waals surface area contributed by atoms with Crippen LogP contribution >= 0.6 is 11.8 Å². The standard InChI is InChI=1S/C15H19N3S/c1-11-9-18(7-8-19-11)10-12-4-5-14(16)13-3-2-6-17-15(12)13/h2-6,11H,7-10,16H2,1H3. The lowest BCUT2D eigenvalue weighted by Gasteiger charge is -2.30. The van der Waals surface area contributed by atoms with Gasteiger partial charge in [-0.05, 0) is 23.8 Å². The highest BCUT2D eigenvalue weighted by Crippen LogP contribution is 2.25. The minimum absolute atomic E-state index is 0.724. The zero-order chi connectivity index (χ0) is 13.2. The topological polar surface area (TPSA) is 42.1 Å². The molecule has 2 heterocycles. The Morgan fingerprint density at radius 3 is 3.16 bits per heavy atom. The van der Waals surface area contributed by atoms with Crippen LogP contribution < -0.4 is 5.73 Å². The van der Waals surface area contributed by atoms with E-state index in [0.717, 1.165) is 41.5 Å². The largest absolute Gasteiger partial charge is 0.398 e. The van der Waals surface area contributed by atoms with Gasteiger partial charge in [0.1, 0.15) is 0 Å². The number of rotatable bonds is 2. The first kappa shape index (κ1) is 12.8. The Balaban J connectivity index is 1.90. The molecule has 3 nitrogen and oxygen atoms in total. The minimum atomic E-state index is 0.724. The van der Waals surface area contributed by atoms with E-state index >= 15 is 0 Å². The number of pyridine rings is 1. The average molecular weight is 273 g/mol. The Morgan fingerprint density at radius 2 is 2.32 bits per heavy atom. The number of nitrogens with two attached hydrogens (primary N) is 1. The molecule has 19 heavy (non-hydrogen) atoms. The number of thioether (sulfide) groups is 1. The van der Waals surface area contributed by atoms with E-state index in [0.29, 0.717) is 0 Å². The van der Waals surface area contributed by atoms with E-state index in [2.05, 4.69) is 40.7 Å². The zero-order valence-electron chi connectivity index (χ0n) is 11.2. The third-order valence-electron chi connectivity index (χ3n) is 3.61. The Morgan fingerprint density at radius 1 is 1.42 bits per heavy atom. The number of aromatic nitrogens is 1. The van der Waals surface area contributed by atoms with Crippen LogP contribution in [0.15, 0.2) is 30.5 Å². The Bertz CT molecular complexity index is 585. The van der Waals surface area contributed by atoms with Gasteiger partial charge < -0.3 is 5.73 Å². The monoisotopic (exact) mass is 273 g/mol. The van der Waals surface area contributed by atoms with Crippen LogP contribution in [-0.4, -0.2) is 34.0 Å². The first-order chi connectivity index (χ1) is 9.24. The SMILES string of the molecule is CC1CN(Cc2ccc(N)c3cccnc23)CCS1. The van der Waals surface area contributed by atoms with Gasteiger partial charge in [-0.2, -0.15) is 11.8 Å². The van der Waals surface area contributed by atoms with E-state index in [1.807, 2.05) is 18.3 Å². The molecule has 4 heteroatoms. The van der Waals surface area contributed by atoms with Crippen LogP contribution in [0, 0.1) is 0 Å². The van der Waals surface area contributed by atoms with E-state index in [1.54, 1.807) is 0 Å². The summed E-state index contributed by atoms with van der Waals surface area (Å²) < 4.78 is 0. The molecule has 3 rings (SSSR count). The van der Waals surface area contributed by atoms with Gasteiger partial charge in [0.15, 0.2) is 0 Å². The predicted molar refractivity (Wildman–Crippen MR) is 83.4 cm³/mol. The van der Waals surface area contributed by atoms with Crippen molar-refractivity contribution < 1.29 is 0 Å². The fraction of sp³-hybridized carbons (Fsp3) is 0.400. The first-order valence-electron chi connectivity index (χ1n) is 6.70. The van der Waals surface area contributed by atoms with Gasteiger partial charge in [-0.1, -0.05) is 13.0 Å². The number of hydrogen-bond acceptors (Lipinski definition) is 4. The average Bonchev–Trinajstić information content (AvgIpc) is 2.42. The summed E-state index contributed by atoms with van der Waals surface area (Å²) in [6.07, 6.45) is 1.85. The lowest BCUT2D eigenvalue weighted by molar-refractivity contribution is 0.279. The van der Waals surface area contributed by atoms with Crippen LogP contribution in [0.1, 0.15) is 12.5 Å².